The van der Waals surface area contributed by atoms with Gasteiger partial charge in [-0.2, -0.15) is 0 Å². The maximum Gasteiger partial charge on any atom is 0.191 e. The van der Waals surface area contributed by atoms with Gasteiger partial charge in [0.2, 0.25) is 0 Å². The quantitative estimate of drug-likeness (QED) is 0.353. The molecule has 0 saturated carbocycles. The van der Waals surface area contributed by atoms with Crippen LogP contribution in [0.25, 0.3) is 0 Å². The zero-order chi connectivity index (χ0) is 15.7. The molecule has 1 rings (SSSR count). The Balaban J connectivity index is 2.89. The van der Waals surface area contributed by atoms with E-state index in [1.54, 1.807) is 30.3 Å². The summed E-state index contributed by atoms with van der Waals surface area (Å²) in [6.45, 7) is 9.87. The van der Waals surface area contributed by atoms with Gasteiger partial charge in [-0.05, 0) is 43.5 Å². The molecule has 21 heavy (non-hydrogen) atoms. The standard InChI is InChI=1S/C18H27ClNO/c1-4-12-20(13-5-2,14-6-3)15-11-18(21)16-7-9-17(19)10-8-16/h7-11,15H,4-6,12-14H2,1-3H3/q+1/b15-11+. The fourth-order valence-corrected chi connectivity index (χ4v) is 2.96. The average Bonchev–Trinajstić information content (AvgIpc) is 2.46. The van der Waals surface area contributed by atoms with E-state index >= 15 is 0 Å². The fraction of sp³-hybridized carbons (Fsp3) is 0.500. The SMILES string of the molecule is CCC[N+](/C=C/C(=O)c1ccc(Cl)cc1)(CCC)CCC. The molecule has 0 unspecified atom stereocenters. The van der Waals surface area contributed by atoms with E-state index < -0.39 is 0 Å². The molecule has 0 heterocycles. The molecule has 1 aromatic rings. The number of ketones is 1. The molecule has 0 saturated heterocycles. The van der Waals surface area contributed by atoms with Crippen molar-refractivity contribution < 1.29 is 9.28 Å². The fourth-order valence-electron chi connectivity index (χ4n) is 2.83. The highest BCUT2D eigenvalue weighted by Crippen LogP contribution is 2.15. The number of halogens is 1. The van der Waals surface area contributed by atoms with Gasteiger partial charge < -0.3 is 0 Å². The van der Waals surface area contributed by atoms with E-state index in [1.165, 1.54) is 0 Å². The van der Waals surface area contributed by atoms with E-state index in [-0.39, 0.29) is 5.78 Å². The second kappa shape index (κ2) is 9.01. The summed E-state index contributed by atoms with van der Waals surface area (Å²) in [6.07, 6.45) is 7.22. The van der Waals surface area contributed by atoms with Gasteiger partial charge in [0.25, 0.3) is 0 Å². The third-order valence-corrected chi connectivity index (χ3v) is 3.93. The van der Waals surface area contributed by atoms with Crippen LogP contribution in [0.2, 0.25) is 5.02 Å². The Hall–Kier alpha value is -1.12. The van der Waals surface area contributed by atoms with Gasteiger partial charge in [-0.15, -0.1) is 0 Å². The number of hydrogen-bond donors (Lipinski definition) is 0. The molecule has 0 aliphatic carbocycles. The Morgan fingerprint density at radius 2 is 1.48 bits per heavy atom. The van der Waals surface area contributed by atoms with Crippen molar-refractivity contribution in [3.63, 3.8) is 0 Å². The zero-order valence-corrected chi connectivity index (χ0v) is 14.2. The molecular formula is C18H27ClNO+. The second-order valence-corrected chi connectivity index (χ2v) is 6.01. The number of nitrogens with zero attached hydrogens (tertiary/aromatic N) is 1. The lowest BCUT2D eigenvalue weighted by Gasteiger charge is -2.34. The summed E-state index contributed by atoms with van der Waals surface area (Å²) >= 11 is 5.86. The van der Waals surface area contributed by atoms with Crippen molar-refractivity contribution >= 4 is 17.4 Å². The van der Waals surface area contributed by atoms with Crippen LogP contribution < -0.4 is 0 Å². The van der Waals surface area contributed by atoms with Gasteiger partial charge in [0, 0.05) is 16.7 Å². The van der Waals surface area contributed by atoms with Gasteiger partial charge in [0.15, 0.2) is 5.78 Å². The summed E-state index contributed by atoms with van der Waals surface area (Å²) in [5.74, 6) is 0.0532. The minimum atomic E-state index is 0.0532. The summed E-state index contributed by atoms with van der Waals surface area (Å²) in [5, 5.41) is 0.656. The van der Waals surface area contributed by atoms with Crippen LogP contribution >= 0.6 is 11.6 Å². The molecule has 0 amide bonds. The maximum absolute atomic E-state index is 12.3. The number of carbonyl (C=O) groups is 1. The van der Waals surface area contributed by atoms with Crippen molar-refractivity contribution in [2.24, 2.45) is 0 Å². The number of allylic oxidation sites excluding steroid dienone is 1. The molecule has 116 valence electrons. The van der Waals surface area contributed by atoms with Crippen LogP contribution in [0.4, 0.5) is 0 Å². The minimum Gasteiger partial charge on any atom is -0.297 e. The lowest BCUT2D eigenvalue weighted by molar-refractivity contribution is -0.879. The van der Waals surface area contributed by atoms with Crippen molar-refractivity contribution in [3.8, 4) is 0 Å². The summed E-state index contributed by atoms with van der Waals surface area (Å²) in [5.41, 5.74) is 0.693. The summed E-state index contributed by atoms with van der Waals surface area (Å²) in [7, 11) is 0. The van der Waals surface area contributed by atoms with Crippen LogP contribution in [0.15, 0.2) is 36.5 Å². The summed E-state index contributed by atoms with van der Waals surface area (Å²) < 4.78 is 0.906. The largest absolute Gasteiger partial charge is 0.297 e. The van der Waals surface area contributed by atoms with E-state index in [4.69, 9.17) is 11.6 Å². The van der Waals surface area contributed by atoms with Gasteiger partial charge in [0.1, 0.15) is 0 Å². The summed E-state index contributed by atoms with van der Waals surface area (Å²) in [4.78, 5) is 12.3. The van der Waals surface area contributed by atoms with E-state index in [9.17, 15) is 4.79 Å². The smallest absolute Gasteiger partial charge is 0.191 e. The number of carbonyl (C=O) groups excluding carboxylic acids is 1. The normalized spacial score (nSPS) is 12.0. The third kappa shape index (κ3) is 5.64. The number of quaternary nitrogens is 1. The first-order valence-electron chi connectivity index (χ1n) is 7.91. The molecule has 3 heteroatoms. The monoisotopic (exact) mass is 308 g/mol. The van der Waals surface area contributed by atoms with Gasteiger partial charge in [-0.1, -0.05) is 32.4 Å². The zero-order valence-electron chi connectivity index (χ0n) is 13.4. The highest BCUT2D eigenvalue weighted by atomic mass is 35.5. The van der Waals surface area contributed by atoms with Crippen molar-refractivity contribution in [1.82, 2.24) is 0 Å². The Bertz CT molecular complexity index is 448. The van der Waals surface area contributed by atoms with Crippen molar-refractivity contribution in [2.45, 2.75) is 40.0 Å². The molecule has 0 aromatic heterocycles. The molecule has 0 aliphatic heterocycles. The summed E-state index contributed by atoms with van der Waals surface area (Å²) in [6, 6.07) is 7.08. The topological polar surface area (TPSA) is 17.1 Å². The molecule has 0 aliphatic rings. The van der Waals surface area contributed by atoms with E-state index in [0.717, 1.165) is 43.4 Å². The maximum atomic E-state index is 12.3. The molecule has 0 atom stereocenters. The van der Waals surface area contributed by atoms with Crippen molar-refractivity contribution in [1.29, 1.82) is 0 Å². The van der Waals surface area contributed by atoms with Crippen LogP contribution in [-0.4, -0.2) is 29.9 Å². The number of benzene rings is 1. The molecule has 0 fully saturated rings. The first-order valence-corrected chi connectivity index (χ1v) is 8.29. The molecule has 0 bridgehead atoms. The lowest BCUT2D eigenvalue weighted by Crippen LogP contribution is -2.44. The Morgan fingerprint density at radius 3 is 1.90 bits per heavy atom. The van der Waals surface area contributed by atoms with E-state index in [0.29, 0.717) is 10.6 Å². The van der Waals surface area contributed by atoms with Gasteiger partial charge in [-0.25, -0.2) is 0 Å². The Kier molecular flexibility index (Phi) is 7.69. The molecule has 0 N–H and O–H groups in total. The highest BCUT2D eigenvalue weighted by molar-refractivity contribution is 6.30. The van der Waals surface area contributed by atoms with E-state index in [1.807, 2.05) is 0 Å². The Morgan fingerprint density at radius 1 is 1.00 bits per heavy atom. The van der Waals surface area contributed by atoms with Crippen LogP contribution in [0.1, 0.15) is 50.4 Å². The minimum absolute atomic E-state index is 0.0532. The first-order chi connectivity index (χ1) is 10.1. The Labute approximate surface area is 134 Å². The molecular weight excluding hydrogens is 282 g/mol. The molecule has 0 spiro atoms. The van der Waals surface area contributed by atoms with Crippen LogP contribution in [0.3, 0.4) is 0 Å². The van der Waals surface area contributed by atoms with Crippen LogP contribution in [-0.2, 0) is 0 Å². The highest BCUT2D eigenvalue weighted by Gasteiger charge is 2.22. The predicted molar refractivity (Wildman–Crippen MR) is 90.7 cm³/mol. The van der Waals surface area contributed by atoms with Crippen molar-refractivity contribution in [2.75, 3.05) is 19.6 Å². The van der Waals surface area contributed by atoms with Gasteiger partial charge in [-0.3, -0.25) is 9.28 Å². The van der Waals surface area contributed by atoms with Gasteiger partial charge >= 0.3 is 0 Å². The first kappa shape index (κ1) is 17.9. The average molecular weight is 309 g/mol. The molecule has 1 aromatic carbocycles. The van der Waals surface area contributed by atoms with Crippen LogP contribution in [0.5, 0.6) is 0 Å². The van der Waals surface area contributed by atoms with E-state index in [2.05, 4.69) is 27.0 Å². The second-order valence-electron chi connectivity index (χ2n) is 5.58. The molecule has 0 radical (unpaired) electrons. The van der Waals surface area contributed by atoms with Gasteiger partial charge in [0.05, 0.1) is 25.8 Å². The number of hydrogen-bond acceptors (Lipinski definition) is 1. The number of rotatable bonds is 9. The lowest BCUT2D eigenvalue weighted by atomic mass is 10.1. The van der Waals surface area contributed by atoms with Crippen LogP contribution in [0, 0.1) is 0 Å². The molecule has 2 nitrogen and oxygen atoms in total. The third-order valence-electron chi connectivity index (χ3n) is 3.68. The predicted octanol–water partition coefficient (Wildman–Crippen LogP) is 5.08. The van der Waals surface area contributed by atoms with Crippen molar-refractivity contribution in [3.05, 3.63) is 47.1 Å².